The van der Waals surface area contributed by atoms with Gasteiger partial charge in [-0.15, -0.1) is 0 Å². The molecule has 1 saturated heterocycles. The van der Waals surface area contributed by atoms with Crippen molar-refractivity contribution in [1.82, 2.24) is 37.0 Å². The Morgan fingerprint density at radius 1 is 0.930 bits per heavy atom. The third kappa shape index (κ3) is 12.6. The van der Waals surface area contributed by atoms with E-state index in [9.17, 15) is 33.9 Å². The van der Waals surface area contributed by atoms with Crippen molar-refractivity contribution in [2.75, 3.05) is 19.6 Å². The van der Waals surface area contributed by atoms with Gasteiger partial charge in [-0.2, -0.15) is 0 Å². The van der Waals surface area contributed by atoms with Crippen LogP contribution in [0.2, 0.25) is 0 Å². The summed E-state index contributed by atoms with van der Waals surface area (Å²) in [6.45, 7) is -0.204. The topological polar surface area (TPSA) is 274 Å². The van der Waals surface area contributed by atoms with Crippen molar-refractivity contribution in [1.29, 1.82) is 5.41 Å². The second kappa shape index (κ2) is 17.8. The van der Waals surface area contributed by atoms with Gasteiger partial charge < -0.3 is 43.2 Å². The van der Waals surface area contributed by atoms with Gasteiger partial charge in [-0.3, -0.25) is 34.8 Å². The van der Waals surface area contributed by atoms with Gasteiger partial charge >= 0.3 is 12.0 Å². The van der Waals surface area contributed by atoms with Crippen LogP contribution in [0.25, 0.3) is 0 Å². The summed E-state index contributed by atoms with van der Waals surface area (Å²) in [5, 5.41) is 30.0. The van der Waals surface area contributed by atoms with Crippen molar-refractivity contribution in [3.05, 3.63) is 35.9 Å². The maximum absolute atomic E-state index is 13.5. The minimum atomic E-state index is -1.59. The van der Waals surface area contributed by atoms with E-state index in [2.05, 4.69) is 32.0 Å². The van der Waals surface area contributed by atoms with Crippen molar-refractivity contribution in [3.63, 3.8) is 0 Å². The maximum atomic E-state index is 13.5. The molecule has 0 radical (unpaired) electrons. The Morgan fingerprint density at radius 2 is 1.60 bits per heavy atom. The molecule has 43 heavy (non-hydrogen) atoms. The molecular weight excluding hydrogens is 564 g/mol. The van der Waals surface area contributed by atoms with Crippen molar-refractivity contribution >= 4 is 41.6 Å². The molecule has 0 aliphatic carbocycles. The minimum absolute atomic E-state index is 0.0880. The largest absolute Gasteiger partial charge is 0.481 e. The number of carboxylic acid groups (broad SMARTS) is 1. The molecule has 0 aromatic heterocycles. The highest BCUT2D eigenvalue weighted by atomic mass is 16.4. The van der Waals surface area contributed by atoms with Gasteiger partial charge in [-0.05, 0) is 44.2 Å². The summed E-state index contributed by atoms with van der Waals surface area (Å²) in [6, 6.07) is 3.83. The van der Waals surface area contributed by atoms with E-state index in [-0.39, 0.29) is 31.9 Å². The number of urea groups is 1. The van der Waals surface area contributed by atoms with E-state index in [4.69, 9.17) is 16.9 Å². The number of unbranched alkanes of at least 4 members (excludes halogenated alkanes) is 1. The van der Waals surface area contributed by atoms with Crippen LogP contribution in [0.15, 0.2) is 30.3 Å². The standard InChI is InChI=1S/C26H40N10O7/c27-11-5-4-9-18-23(41)33-17(10-6-12-30-25(28)29)22(40)31-14-20(37)32-19(13-21(38)39)24(42)35-36(26(43)34-18)15-16-7-2-1-3-8-16/h1-3,7-8,17-19H,4-6,9-15,27H2,(H,31,40)(H,32,37)(H,33,41)(H,34,43)(H,35,42)(H,38,39)(H4,28,29,30)/t17-,18-,19-/m0/s1. The van der Waals surface area contributed by atoms with Gasteiger partial charge in [-0.25, -0.2) is 9.80 Å². The second-order valence-corrected chi connectivity index (χ2v) is 9.81. The fourth-order valence-electron chi connectivity index (χ4n) is 4.12. The predicted molar refractivity (Wildman–Crippen MR) is 154 cm³/mol. The molecule has 236 valence electrons. The van der Waals surface area contributed by atoms with Crippen LogP contribution in [-0.4, -0.2) is 89.5 Å². The molecule has 1 aliphatic heterocycles. The Labute approximate surface area is 248 Å². The van der Waals surface area contributed by atoms with E-state index in [1.165, 1.54) is 0 Å². The summed E-state index contributed by atoms with van der Waals surface area (Å²) >= 11 is 0. The molecule has 6 amide bonds. The molecule has 1 aromatic carbocycles. The lowest BCUT2D eigenvalue weighted by molar-refractivity contribution is -0.141. The highest BCUT2D eigenvalue weighted by Gasteiger charge is 2.31. The summed E-state index contributed by atoms with van der Waals surface area (Å²) in [5.74, 6) is -4.93. The van der Waals surface area contributed by atoms with Crippen LogP contribution in [0, 0.1) is 5.41 Å². The van der Waals surface area contributed by atoms with Crippen LogP contribution in [0.3, 0.4) is 0 Å². The van der Waals surface area contributed by atoms with E-state index in [0.717, 1.165) is 5.01 Å². The number of nitrogens with two attached hydrogens (primary N) is 2. The average Bonchev–Trinajstić information content (AvgIpc) is 2.95. The molecule has 17 heteroatoms. The van der Waals surface area contributed by atoms with Gasteiger partial charge in [-0.1, -0.05) is 30.3 Å². The molecule has 1 aliphatic rings. The molecule has 0 unspecified atom stereocenters. The van der Waals surface area contributed by atoms with E-state index < -0.39 is 66.7 Å². The molecule has 0 bridgehead atoms. The van der Waals surface area contributed by atoms with E-state index in [1.807, 2.05) is 0 Å². The lowest BCUT2D eigenvalue weighted by Crippen LogP contribution is -2.59. The molecular formula is C26H40N10O7. The van der Waals surface area contributed by atoms with Crippen molar-refractivity contribution in [3.8, 4) is 0 Å². The lowest BCUT2D eigenvalue weighted by Gasteiger charge is -2.28. The highest BCUT2D eigenvalue weighted by molar-refractivity contribution is 5.96. The number of carbonyl (C=O) groups is 6. The Morgan fingerprint density at radius 3 is 2.26 bits per heavy atom. The first-order valence-corrected chi connectivity index (χ1v) is 13.8. The highest BCUT2D eigenvalue weighted by Crippen LogP contribution is 2.08. The summed E-state index contributed by atoms with van der Waals surface area (Å²) in [7, 11) is 0. The smallest absolute Gasteiger partial charge is 0.337 e. The monoisotopic (exact) mass is 604 g/mol. The number of nitrogens with zero attached hydrogens (tertiary/aromatic N) is 1. The Kier molecular flexibility index (Phi) is 14.2. The van der Waals surface area contributed by atoms with E-state index >= 15 is 0 Å². The van der Waals surface area contributed by atoms with Gasteiger partial charge in [0.25, 0.3) is 5.91 Å². The molecule has 0 spiro atoms. The first-order valence-electron chi connectivity index (χ1n) is 13.8. The summed E-state index contributed by atoms with van der Waals surface area (Å²) in [6.07, 6.45) is 0.751. The van der Waals surface area contributed by atoms with Crippen LogP contribution in [0.5, 0.6) is 0 Å². The zero-order valence-electron chi connectivity index (χ0n) is 23.7. The number of guanidine groups is 1. The molecule has 2 rings (SSSR count). The molecule has 1 fully saturated rings. The third-order valence-corrected chi connectivity index (χ3v) is 6.31. The summed E-state index contributed by atoms with van der Waals surface area (Å²) in [5.41, 5.74) is 13.9. The van der Waals surface area contributed by atoms with Gasteiger partial charge in [0.1, 0.15) is 18.1 Å². The van der Waals surface area contributed by atoms with Gasteiger partial charge in [0.15, 0.2) is 5.96 Å². The fourth-order valence-corrected chi connectivity index (χ4v) is 4.12. The van der Waals surface area contributed by atoms with Crippen LogP contribution >= 0.6 is 0 Å². The molecule has 17 nitrogen and oxygen atoms in total. The number of aliphatic carboxylic acids is 1. The maximum Gasteiger partial charge on any atom is 0.337 e. The fraction of sp³-hybridized carbons (Fsp3) is 0.500. The summed E-state index contributed by atoms with van der Waals surface area (Å²) in [4.78, 5) is 77.1. The van der Waals surface area contributed by atoms with Crippen LogP contribution < -0.4 is 43.5 Å². The first kappa shape index (κ1) is 34.3. The predicted octanol–water partition coefficient (Wildman–Crippen LogP) is -2.44. The number of hydrazine groups is 1. The van der Waals surface area contributed by atoms with E-state index in [0.29, 0.717) is 31.4 Å². The van der Waals surface area contributed by atoms with Crippen LogP contribution in [-0.2, 0) is 30.5 Å². The molecule has 1 heterocycles. The second-order valence-electron chi connectivity index (χ2n) is 9.81. The van der Waals surface area contributed by atoms with Crippen molar-refractivity contribution in [2.45, 2.75) is 63.2 Å². The number of rotatable bonds is 12. The number of amides is 6. The van der Waals surface area contributed by atoms with Gasteiger partial charge in [0, 0.05) is 6.54 Å². The minimum Gasteiger partial charge on any atom is -0.481 e. The van der Waals surface area contributed by atoms with Crippen LogP contribution in [0.1, 0.15) is 44.1 Å². The van der Waals surface area contributed by atoms with Crippen molar-refractivity contribution in [2.24, 2.45) is 11.5 Å². The van der Waals surface area contributed by atoms with Crippen LogP contribution in [0.4, 0.5) is 4.79 Å². The average molecular weight is 605 g/mol. The number of benzene rings is 1. The molecule has 1 aromatic rings. The van der Waals surface area contributed by atoms with Gasteiger partial charge in [0.2, 0.25) is 17.7 Å². The number of hydrogen-bond donors (Lipinski definition) is 10. The van der Waals surface area contributed by atoms with Gasteiger partial charge in [0.05, 0.1) is 19.5 Å². The molecule has 0 saturated carbocycles. The quantitative estimate of drug-likeness (QED) is 0.0684. The molecule has 12 N–H and O–H groups in total. The normalized spacial score (nSPS) is 20.3. The third-order valence-electron chi connectivity index (χ3n) is 6.31. The summed E-state index contributed by atoms with van der Waals surface area (Å²) < 4.78 is 0. The number of hydrogen-bond acceptors (Lipinski definition) is 8. The number of carbonyl (C=O) groups excluding carboxylic acids is 5. The zero-order valence-corrected chi connectivity index (χ0v) is 23.7. The zero-order chi connectivity index (χ0) is 31.8. The lowest BCUT2D eigenvalue weighted by atomic mass is 10.1. The SMILES string of the molecule is N=C(N)NCCC[C@@H]1NC(=O)[C@H](CCCCN)NC(=O)N(Cc2ccccc2)NC(=O)[C@H](CC(=O)O)NC(=O)CNC1=O. The van der Waals surface area contributed by atoms with Crippen molar-refractivity contribution < 1.29 is 33.9 Å². The Bertz CT molecular complexity index is 1150. The van der Waals surface area contributed by atoms with E-state index in [1.54, 1.807) is 30.3 Å². The number of nitrogens with one attached hydrogen (secondary N) is 7. The first-order chi connectivity index (χ1) is 20.5. The molecule has 3 atom stereocenters. The number of carboxylic acids is 1. The Hall–Kier alpha value is -4.93. The Balaban J connectivity index is 2.42.